The van der Waals surface area contributed by atoms with E-state index >= 15 is 0 Å². The van der Waals surface area contributed by atoms with Gasteiger partial charge in [-0.15, -0.1) is 11.8 Å². The Balaban J connectivity index is 0.886. The average Bonchev–Trinajstić information content (AvgIpc) is 3.79. The molecule has 2 N–H and O–H groups in total. The largest absolute Gasteiger partial charge is 0.338 e. The number of carbonyl (C=O) groups is 2. The molecule has 1 saturated carbocycles. The predicted molar refractivity (Wildman–Crippen MR) is 194 cm³/mol. The van der Waals surface area contributed by atoms with Crippen molar-refractivity contribution in [3.8, 4) is 22.6 Å². The number of hydrogen-bond donors (Lipinski definition) is 2. The number of likely N-dealkylation sites (tertiary alicyclic amines) is 1. The van der Waals surface area contributed by atoms with Crippen molar-refractivity contribution in [1.29, 1.82) is 0 Å². The van der Waals surface area contributed by atoms with Crippen molar-refractivity contribution in [3.05, 3.63) is 96.6 Å². The van der Waals surface area contributed by atoms with E-state index < -0.39 is 4.75 Å². The maximum Gasteiger partial charge on any atom is 0.241 e. The minimum absolute atomic E-state index is 0.0327. The van der Waals surface area contributed by atoms with E-state index in [2.05, 4.69) is 59.6 Å². The lowest BCUT2D eigenvalue weighted by Crippen LogP contribution is -2.45. The van der Waals surface area contributed by atoms with Gasteiger partial charge in [-0.3, -0.25) is 24.6 Å². The van der Waals surface area contributed by atoms with Crippen LogP contribution in [0.4, 0.5) is 5.69 Å². The van der Waals surface area contributed by atoms with Gasteiger partial charge in [-0.2, -0.15) is 5.10 Å². The van der Waals surface area contributed by atoms with Gasteiger partial charge in [-0.05, 0) is 79.5 Å². The zero-order valence-electron chi connectivity index (χ0n) is 27.4. The molecule has 1 unspecified atom stereocenters. The lowest BCUT2D eigenvalue weighted by atomic mass is 9.98. The molecule has 0 radical (unpaired) electrons. The van der Waals surface area contributed by atoms with Crippen LogP contribution >= 0.6 is 11.8 Å². The van der Waals surface area contributed by atoms with Gasteiger partial charge in [-0.1, -0.05) is 30.3 Å². The number of H-pyrrole nitrogens is 1. The lowest BCUT2D eigenvalue weighted by molar-refractivity contribution is -0.132. The molecule has 49 heavy (non-hydrogen) atoms. The second-order valence-electron chi connectivity index (χ2n) is 13.2. The second-order valence-corrected chi connectivity index (χ2v) is 14.3. The summed E-state index contributed by atoms with van der Waals surface area (Å²) in [7, 11) is 0. The van der Waals surface area contributed by atoms with Crippen LogP contribution in [0, 0.1) is 0 Å². The van der Waals surface area contributed by atoms with Gasteiger partial charge in [0.1, 0.15) is 10.4 Å². The zero-order valence-corrected chi connectivity index (χ0v) is 28.2. The fraction of sp³-hybridized carbons (Fsp3) is 0.316. The summed E-state index contributed by atoms with van der Waals surface area (Å²) in [5.74, 6) is 1.33. The molecule has 248 valence electrons. The first-order valence-corrected chi connectivity index (χ1v) is 18.1. The number of aromatic amines is 1. The molecule has 1 saturated heterocycles. The van der Waals surface area contributed by atoms with Gasteiger partial charge < -0.3 is 10.2 Å². The van der Waals surface area contributed by atoms with Crippen LogP contribution in [0.2, 0.25) is 0 Å². The van der Waals surface area contributed by atoms with Crippen molar-refractivity contribution in [2.45, 2.75) is 36.3 Å². The number of aromatic nitrogens is 5. The molecule has 3 aliphatic rings. The number of benzene rings is 2. The second kappa shape index (κ2) is 13.2. The SMILES string of the molecule is CSC1(C(=O)Nc2ccc3[nH]nc(-c4ccnc(C5CC5)c4)c3c2)CCN(CC(=O)N2CC=C(c3ccc(-c4ncccn4)cc3)CC2)C1. The van der Waals surface area contributed by atoms with E-state index in [0.717, 1.165) is 51.1 Å². The van der Waals surface area contributed by atoms with Crippen LogP contribution in [-0.2, 0) is 9.59 Å². The quantitative estimate of drug-likeness (QED) is 0.195. The number of pyridine rings is 1. The fourth-order valence-electron chi connectivity index (χ4n) is 6.92. The smallest absolute Gasteiger partial charge is 0.241 e. The minimum Gasteiger partial charge on any atom is -0.338 e. The summed E-state index contributed by atoms with van der Waals surface area (Å²) in [5, 5.41) is 11.9. The van der Waals surface area contributed by atoms with Gasteiger partial charge in [0.2, 0.25) is 11.8 Å². The molecule has 5 aromatic rings. The maximum atomic E-state index is 13.8. The normalized spacial score (nSPS) is 19.6. The summed E-state index contributed by atoms with van der Waals surface area (Å²) in [5.41, 5.74) is 8.03. The summed E-state index contributed by atoms with van der Waals surface area (Å²) in [6, 6.07) is 20.1. The minimum atomic E-state index is -0.634. The molecule has 2 fully saturated rings. The summed E-state index contributed by atoms with van der Waals surface area (Å²) < 4.78 is -0.634. The van der Waals surface area contributed by atoms with Crippen molar-refractivity contribution in [3.63, 3.8) is 0 Å². The molecule has 0 bridgehead atoms. The third-order valence-electron chi connectivity index (χ3n) is 9.99. The molecule has 2 aromatic carbocycles. The van der Waals surface area contributed by atoms with Crippen LogP contribution in [0.1, 0.15) is 42.9 Å². The maximum absolute atomic E-state index is 13.8. The van der Waals surface area contributed by atoms with Gasteiger partial charge in [0.25, 0.3) is 0 Å². The van der Waals surface area contributed by atoms with Gasteiger partial charge in [0.05, 0.1) is 12.1 Å². The van der Waals surface area contributed by atoms with Gasteiger partial charge in [0, 0.05) is 78.6 Å². The van der Waals surface area contributed by atoms with E-state index in [9.17, 15) is 9.59 Å². The Hall–Kier alpha value is -4.87. The van der Waals surface area contributed by atoms with E-state index in [-0.39, 0.29) is 11.8 Å². The van der Waals surface area contributed by atoms with Crippen LogP contribution < -0.4 is 5.32 Å². The van der Waals surface area contributed by atoms with Crippen LogP contribution in [0.15, 0.2) is 85.3 Å². The van der Waals surface area contributed by atoms with E-state index in [1.165, 1.54) is 18.4 Å². The Morgan fingerprint density at radius 1 is 0.959 bits per heavy atom. The van der Waals surface area contributed by atoms with E-state index in [4.69, 9.17) is 0 Å². The Morgan fingerprint density at radius 3 is 2.53 bits per heavy atom. The Kier molecular flexibility index (Phi) is 8.46. The molecule has 11 heteroatoms. The average molecular weight is 671 g/mol. The summed E-state index contributed by atoms with van der Waals surface area (Å²) in [6.07, 6.45) is 13.4. The number of thioether (sulfide) groups is 1. The van der Waals surface area contributed by atoms with E-state index in [1.807, 2.05) is 59.8 Å². The molecule has 2 amide bonds. The monoisotopic (exact) mass is 670 g/mol. The van der Waals surface area contributed by atoms with Gasteiger partial charge in [-0.25, -0.2) is 9.97 Å². The summed E-state index contributed by atoms with van der Waals surface area (Å²) in [4.78, 5) is 44.5. The van der Waals surface area contributed by atoms with Crippen LogP contribution in [0.5, 0.6) is 0 Å². The third-order valence-corrected chi connectivity index (χ3v) is 11.3. The van der Waals surface area contributed by atoms with Crippen LogP contribution in [0.3, 0.4) is 0 Å². The Bertz CT molecular complexity index is 2040. The fourth-order valence-corrected chi connectivity index (χ4v) is 7.77. The molecular formula is C38H38N8O2S. The number of hydrogen-bond acceptors (Lipinski definition) is 8. The highest BCUT2D eigenvalue weighted by atomic mass is 32.2. The molecular weight excluding hydrogens is 633 g/mol. The first-order valence-electron chi connectivity index (χ1n) is 16.9. The van der Waals surface area contributed by atoms with Crippen LogP contribution in [0.25, 0.3) is 39.1 Å². The molecule has 8 rings (SSSR count). The highest BCUT2D eigenvalue weighted by Crippen LogP contribution is 2.41. The lowest BCUT2D eigenvalue weighted by Gasteiger charge is -2.29. The number of fused-ring (bicyclic) bond motifs is 1. The van der Waals surface area contributed by atoms with Crippen molar-refractivity contribution < 1.29 is 9.59 Å². The number of carbonyl (C=O) groups excluding carboxylic acids is 2. The Morgan fingerprint density at radius 2 is 1.78 bits per heavy atom. The molecule has 10 nitrogen and oxygen atoms in total. The highest BCUT2D eigenvalue weighted by molar-refractivity contribution is 8.00. The van der Waals surface area contributed by atoms with Crippen molar-refractivity contribution in [2.75, 3.05) is 44.3 Å². The summed E-state index contributed by atoms with van der Waals surface area (Å²) >= 11 is 1.57. The van der Waals surface area contributed by atoms with Crippen molar-refractivity contribution in [1.82, 2.24) is 34.9 Å². The molecule has 2 aliphatic heterocycles. The van der Waals surface area contributed by atoms with Crippen molar-refractivity contribution >= 4 is 45.7 Å². The van der Waals surface area contributed by atoms with E-state index in [1.54, 1.807) is 24.2 Å². The van der Waals surface area contributed by atoms with Crippen molar-refractivity contribution in [2.24, 2.45) is 0 Å². The Labute approximate surface area is 289 Å². The number of rotatable bonds is 9. The first kappa shape index (κ1) is 31.4. The predicted octanol–water partition coefficient (Wildman–Crippen LogP) is 6.02. The zero-order chi connectivity index (χ0) is 33.4. The topological polar surface area (TPSA) is 120 Å². The first-order chi connectivity index (χ1) is 24.0. The number of amides is 2. The molecule has 1 aliphatic carbocycles. The summed E-state index contributed by atoms with van der Waals surface area (Å²) in [6.45, 7) is 2.79. The number of anilines is 1. The molecule has 5 heterocycles. The third kappa shape index (κ3) is 6.48. The van der Waals surface area contributed by atoms with Gasteiger partial charge in [0.15, 0.2) is 5.82 Å². The van der Waals surface area contributed by atoms with Crippen LogP contribution in [-0.4, -0.2) is 90.5 Å². The number of nitrogens with zero attached hydrogens (tertiary/aromatic N) is 6. The molecule has 1 atom stereocenters. The number of nitrogens with one attached hydrogen (secondary N) is 2. The van der Waals surface area contributed by atoms with E-state index in [0.29, 0.717) is 50.9 Å². The molecule has 3 aromatic heterocycles. The highest BCUT2D eigenvalue weighted by Gasteiger charge is 2.44. The standard InChI is InChI=1S/C38H38N8O2S/c1-49-38(37(48)42-30-9-10-32-31(22-30)35(44-43-32)29-11-17-39-33(21-29)27-5-6-27)14-20-45(24-38)23-34(47)46-18-12-26(13-19-46)25-3-7-28(8-4-25)36-40-15-2-16-41-36/h2-4,7-12,15-17,21-22,27H,5-6,13-14,18-20,23-24H2,1H3,(H,42,48)(H,43,44). The molecule has 0 spiro atoms. The van der Waals surface area contributed by atoms with Gasteiger partial charge >= 0.3 is 0 Å².